The van der Waals surface area contributed by atoms with Gasteiger partial charge < -0.3 is 19.3 Å². The molecule has 0 aliphatic carbocycles. The number of halogens is 1. The van der Waals surface area contributed by atoms with Gasteiger partial charge in [0.25, 0.3) is 0 Å². The first-order valence-corrected chi connectivity index (χ1v) is 8.82. The van der Waals surface area contributed by atoms with Gasteiger partial charge >= 0.3 is 12.1 Å². The Morgan fingerprint density at radius 1 is 1.27 bits per heavy atom. The Morgan fingerprint density at radius 3 is 2.42 bits per heavy atom. The van der Waals surface area contributed by atoms with E-state index < -0.39 is 11.6 Å². The number of piperidine rings is 1. The largest absolute Gasteiger partial charge is 0.464 e. The monoisotopic (exact) mass is 384 g/mol. The summed E-state index contributed by atoms with van der Waals surface area (Å²) in [5, 5.41) is 7.79. The molecule has 0 N–H and O–H groups in total. The molecule has 0 spiro atoms. The highest BCUT2D eigenvalue weighted by Gasteiger charge is 2.30. The van der Waals surface area contributed by atoms with E-state index in [0.29, 0.717) is 18.8 Å². The fourth-order valence-electron chi connectivity index (χ4n) is 2.83. The number of rotatable bonds is 3. The maximum atomic E-state index is 12.2. The molecule has 0 saturated carbocycles. The second kappa shape index (κ2) is 8.07. The third-order valence-corrected chi connectivity index (χ3v) is 4.35. The lowest BCUT2D eigenvalue weighted by atomic mass is 10.0. The van der Waals surface area contributed by atoms with Crippen LogP contribution in [0.25, 0.3) is 0 Å². The number of methoxy groups -OCH3 is 1. The van der Waals surface area contributed by atoms with Crippen LogP contribution in [0.4, 0.5) is 10.5 Å². The number of hydrogen-bond acceptors (Lipinski definition) is 7. The summed E-state index contributed by atoms with van der Waals surface area (Å²) >= 11 is 5.95. The van der Waals surface area contributed by atoms with Crippen LogP contribution in [-0.2, 0) is 9.47 Å². The zero-order valence-corrected chi connectivity index (χ0v) is 16.5. The van der Waals surface area contributed by atoms with Crippen molar-refractivity contribution in [3.63, 3.8) is 0 Å². The smallest absolute Gasteiger partial charge is 0.410 e. The molecular weight excluding hydrogens is 360 g/mol. The highest BCUT2D eigenvalue weighted by atomic mass is 35.5. The molecule has 0 atom stereocenters. The Balaban J connectivity index is 2.07. The van der Waals surface area contributed by atoms with Crippen molar-refractivity contribution in [2.45, 2.75) is 45.3 Å². The van der Waals surface area contributed by atoms with E-state index in [2.05, 4.69) is 10.2 Å². The number of amides is 1. The van der Waals surface area contributed by atoms with E-state index in [-0.39, 0.29) is 23.0 Å². The number of hydrogen-bond donors (Lipinski definition) is 0. The van der Waals surface area contributed by atoms with Crippen LogP contribution in [0.2, 0.25) is 5.15 Å². The first-order chi connectivity index (χ1) is 12.1. The van der Waals surface area contributed by atoms with Gasteiger partial charge in [-0.05, 0) is 33.6 Å². The number of esters is 1. The van der Waals surface area contributed by atoms with Crippen LogP contribution in [0.15, 0.2) is 6.07 Å². The molecule has 0 aromatic carbocycles. The molecule has 9 heteroatoms. The average molecular weight is 385 g/mol. The van der Waals surface area contributed by atoms with E-state index in [0.717, 1.165) is 12.8 Å². The molecule has 1 aliphatic rings. The molecular formula is C17H25ClN4O4. The van der Waals surface area contributed by atoms with Crippen molar-refractivity contribution in [1.82, 2.24) is 15.1 Å². The van der Waals surface area contributed by atoms with Crippen molar-refractivity contribution >= 4 is 29.4 Å². The minimum Gasteiger partial charge on any atom is -0.464 e. The fraction of sp³-hybridized carbons (Fsp3) is 0.647. The Morgan fingerprint density at radius 2 is 1.88 bits per heavy atom. The topological polar surface area (TPSA) is 84.9 Å². The normalized spacial score (nSPS) is 15.5. The van der Waals surface area contributed by atoms with Crippen molar-refractivity contribution in [3.8, 4) is 0 Å². The second-order valence-electron chi connectivity index (χ2n) is 7.20. The molecule has 2 heterocycles. The maximum Gasteiger partial charge on any atom is 0.410 e. The third-order valence-electron chi connectivity index (χ3n) is 4.17. The zero-order chi connectivity index (χ0) is 19.5. The molecule has 1 fully saturated rings. The van der Waals surface area contributed by atoms with Crippen LogP contribution in [0.5, 0.6) is 0 Å². The Kier molecular flexibility index (Phi) is 6.28. The van der Waals surface area contributed by atoms with Crippen LogP contribution in [0.3, 0.4) is 0 Å². The summed E-state index contributed by atoms with van der Waals surface area (Å²) in [7, 11) is 3.16. The summed E-state index contributed by atoms with van der Waals surface area (Å²) in [5.74, 6) is -0.567. The van der Waals surface area contributed by atoms with Crippen LogP contribution < -0.4 is 4.90 Å². The average Bonchev–Trinajstić information content (AvgIpc) is 2.59. The molecule has 0 unspecified atom stereocenters. The van der Waals surface area contributed by atoms with Gasteiger partial charge in [-0.25, -0.2) is 9.59 Å². The van der Waals surface area contributed by atoms with Gasteiger partial charge in [-0.15, -0.1) is 10.2 Å². The summed E-state index contributed by atoms with van der Waals surface area (Å²) in [4.78, 5) is 27.8. The summed E-state index contributed by atoms with van der Waals surface area (Å²) in [5.41, 5.74) is 0.168. The van der Waals surface area contributed by atoms with Gasteiger partial charge in [-0.3, -0.25) is 0 Å². The molecule has 1 aromatic rings. The van der Waals surface area contributed by atoms with Crippen LogP contribution in [-0.4, -0.2) is 66.0 Å². The van der Waals surface area contributed by atoms with Crippen molar-refractivity contribution in [1.29, 1.82) is 0 Å². The summed E-state index contributed by atoms with van der Waals surface area (Å²) in [6, 6.07) is 1.72. The maximum absolute atomic E-state index is 12.2. The van der Waals surface area contributed by atoms with Crippen LogP contribution in [0, 0.1) is 0 Å². The molecule has 1 saturated heterocycles. The Bertz CT molecular complexity index is 669. The molecule has 2 rings (SSSR count). The molecule has 8 nitrogen and oxygen atoms in total. The first-order valence-electron chi connectivity index (χ1n) is 8.44. The number of likely N-dealkylation sites (tertiary alicyclic amines) is 1. The number of nitrogens with zero attached hydrogens (tertiary/aromatic N) is 4. The number of anilines is 1. The zero-order valence-electron chi connectivity index (χ0n) is 15.8. The van der Waals surface area contributed by atoms with Crippen molar-refractivity contribution in [2.24, 2.45) is 0 Å². The highest BCUT2D eigenvalue weighted by Crippen LogP contribution is 2.27. The van der Waals surface area contributed by atoms with Gasteiger partial charge in [0, 0.05) is 32.2 Å². The van der Waals surface area contributed by atoms with Crippen LogP contribution >= 0.6 is 11.6 Å². The number of carbonyl (C=O) groups is 2. The lowest BCUT2D eigenvalue weighted by Gasteiger charge is -2.38. The lowest BCUT2D eigenvalue weighted by molar-refractivity contribution is 0.0205. The fourth-order valence-corrected chi connectivity index (χ4v) is 2.97. The van der Waals surface area contributed by atoms with Gasteiger partial charge in [-0.2, -0.15) is 0 Å². The first kappa shape index (κ1) is 20.2. The number of carbonyl (C=O) groups excluding carboxylic acids is 2. The van der Waals surface area contributed by atoms with Crippen molar-refractivity contribution in [3.05, 3.63) is 16.9 Å². The van der Waals surface area contributed by atoms with E-state index in [9.17, 15) is 9.59 Å². The molecule has 1 amide bonds. The minimum absolute atomic E-state index is 0.119. The number of aromatic nitrogens is 2. The standard InChI is InChI=1S/C17H25ClN4O4/c1-17(2,3)26-16(24)22-8-6-11(7-9-22)21(4)12-10-13(18)19-20-14(12)15(23)25-5/h10-11H,6-9H2,1-5H3. The van der Waals surface area contributed by atoms with Gasteiger partial charge in [0.2, 0.25) is 0 Å². The minimum atomic E-state index is -0.567. The predicted octanol–water partition coefficient (Wildman–Crippen LogP) is 2.75. The Labute approximate surface area is 158 Å². The van der Waals surface area contributed by atoms with E-state index in [1.54, 1.807) is 11.0 Å². The summed E-state index contributed by atoms with van der Waals surface area (Å²) in [6.07, 6.45) is 1.16. The Hall–Kier alpha value is -2.09. The molecule has 0 radical (unpaired) electrons. The summed E-state index contributed by atoms with van der Waals surface area (Å²) in [6.45, 7) is 6.69. The second-order valence-corrected chi connectivity index (χ2v) is 7.59. The van der Waals surface area contributed by atoms with Gasteiger partial charge in [0.15, 0.2) is 10.8 Å². The molecule has 1 aliphatic heterocycles. The van der Waals surface area contributed by atoms with E-state index in [1.807, 2.05) is 32.7 Å². The van der Waals surface area contributed by atoms with Crippen LogP contribution in [0.1, 0.15) is 44.1 Å². The van der Waals surface area contributed by atoms with Crippen molar-refractivity contribution in [2.75, 3.05) is 32.1 Å². The predicted molar refractivity (Wildman–Crippen MR) is 97.6 cm³/mol. The van der Waals surface area contributed by atoms with Gasteiger partial charge in [0.05, 0.1) is 12.8 Å². The van der Waals surface area contributed by atoms with E-state index >= 15 is 0 Å². The van der Waals surface area contributed by atoms with Crippen molar-refractivity contribution < 1.29 is 19.1 Å². The number of ether oxygens (including phenoxy) is 2. The van der Waals surface area contributed by atoms with Gasteiger partial charge in [-0.1, -0.05) is 11.6 Å². The highest BCUT2D eigenvalue weighted by molar-refractivity contribution is 6.29. The van der Waals surface area contributed by atoms with Gasteiger partial charge in [0.1, 0.15) is 5.60 Å². The lowest BCUT2D eigenvalue weighted by Crippen LogP contribution is -2.47. The van der Waals surface area contributed by atoms with E-state index in [1.165, 1.54) is 7.11 Å². The molecule has 1 aromatic heterocycles. The summed E-state index contributed by atoms with van der Waals surface area (Å²) < 4.78 is 10.2. The third kappa shape index (κ3) is 4.97. The SMILES string of the molecule is COC(=O)c1nnc(Cl)cc1N(C)C1CCN(C(=O)OC(C)(C)C)CC1. The molecule has 0 bridgehead atoms. The quantitative estimate of drug-likeness (QED) is 0.740. The van der Waals surface area contributed by atoms with E-state index in [4.69, 9.17) is 21.1 Å². The molecule has 144 valence electrons. The molecule has 26 heavy (non-hydrogen) atoms.